The van der Waals surface area contributed by atoms with E-state index in [1.54, 1.807) is 24.3 Å². The van der Waals surface area contributed by atoms with Gasteiger partial charge in [0.2, 0.25) is 6.10 Å². The maximum absolute atomic E-state index is 13.0. The summed E-state index contributed by atoms with van der Waals surface area (Å²) in [6.07, 6.45) is 2.21. The molecular formula is C19H20O5. The molecule has 5 heteroatoms. The van der Waals surface area contributed by atoms with E-state index in [1.807, 2.05) is 6.07 Å². The van der Waals surface area contributed by atoms with Gasteiger partial charge in [0.15, 0.2) is 0 Å². The third-order valence-electron chi connectivity index (χ3n) is 5.90. The van der Waals surface area contributed by atoms with Crippen LogP contribution in [0.4, 0.5) is 0 Å². The molecule has 1 aliphatic heterocycles. The van der Waals surface area contributed by atoms with E-state index in [2.05, 4.69) is 0 Å². The molecule has 1 aromatic carbocycles. The van der Waals surface area contributed by atoms with Crippen LogP contribution in [0.3, 0.4) is 0 Å². The second-order valence-corrected chi connectivity index (χ2v) is 7.00. The van der Waals surface area contributed by atoms with E-state index in [4.69, 9.17) is 9.47 Å². The van der Waals surface area contributed by atoms with Crippen LogP contribution in [0.2, 0.25) is 0 Å². The first-order chi connectivity index (χ1) is 11.6. The number of esters is 2. The van der Waals surface area contributed by atoms with Crippen molar-refractivity contribution in [2.45, 2.75) is 38.2 Å². The lowest BCUT2D eigenvalue weighted by Gasteiger charge is -2.55. The fourth-order valence-corrected chi connectivity index (χ4v) is 4.62. The van der Waals surface area contributed by atoms with Crippen molar-refractivity contribution in [1.29, 1.82) is 0 Å². The summed E-state index contributed by atoms with van der Waals surface area (Å²) in [6.45, 7) is 0.270. The molecule has 0 radical (unpaired) electrons. The van der Waals surface area contributed by atoms with E-state index in [-0.39, 0.29) is 24.2 Å². The van der Waals surface area contributed by atoms with Crippen molar-refractivity contribution in [3.63, 3.8) is 0 Å². The number of cyclic esters (lactones) is 2. The average Bonchev–Trinajstić information content (AvgIpc) is 2.60. The van der Waals surface area contributed by atoms with Gasteiger partial charge in [0.05, 0.1) is 12.0 Å². The SMILES string of the molecule is O=C1OCC[C@@H]2C[C@H]3C(=O)CCC[C@@]23C(=O)O[C@H]1c1ccccc1. The van der Waals surface area contributed by atoms with Crippen LogP contribution in [0.1, 0.15) is 43.8 Å². The monoisotopic (exact) mass is 328 g/mol. The Labute approximate surface area is 140 Å². The molecule has 2 aliphatic carbocycles. The highest BCUT2D eigenvalue weighted by Gasteiger charge is 2.64. The molecular weight excluding hydrogens is 308 g/mol. The standard InChI is InChI=1S/C19H20O5/c20-15-7-4-9-19-13(11-14(15)19)8-10-23-17(21)16(24-18(19)22)12-5-2-1-3-6-12/h1-3,5-6,13-14,16H,4,7-11H2/t13-,14+,16+,19-/m1/s1. The molecule has 1 saturated heterocycles. The van der Waals surface area contributed by atoms with Crippen molar-refractivity contribution in [2.75, 3.05) is 6.61 Å². The Morgan fingerprint density at radius 3 is 2.67 bits per heavy atom. The quantitative estimate of drug-likeness (QED) is 0.741. The second kappa shape index (κ2) is 5.72. The van der Waals surface area contributed by atoms with Crippen LogP contribution in [-0.4, -0.2) is 24.3 Å². The minimum Gasteiger partial charge on any atom is -0.463 e. The summed E-state index contributed by atoms with van der Waals surface area (Å²) in [5.74, 6) is -0.942. The van der Waals surface area contributed by atoms with Crippen LogP contribution < -0.4 is 0 Å². The Morgan fingerprint density at radius 2 is 1.88 bits per heavy atom. The zero-order valence-corrected chi connectivity index (χ0v) is 13.4. The zero-order chi connectivity index (χ0) is 16.7. The van der Waals surface area contributed by atoms with Crippen molar-refractivity contribution in [3.05, 3.63) is 35.9 Å². The van der Waals surface area contributed by atoms with E-state index >= 15 is 0 Å². The molecule has 4 atom stereocenters. The summed E-state index contributed by atoms with van der Waals surface area (Å²) in [6, 6.07) is 8.91. The zero-order valence-electron chi connectivity index (χ0n) is 13.4. The van der Waals surface area contributed by atoms with Gasteiger partial charge in [-0.25, -0.2) is 4.79 Å². The molecule has 3 aliphatic rings. The van der Waals surface area contributed by atoms with Gasteiger partial charge >= 0.3 is 11.9 Å². The molecule has 0 bridgehead atoms. The van der Waals surface area contributed by atoms with E-state index in [0.717, 1.165) is 0 Å². The number of ketones is 1. The number of benzene rings is 1. The smallest absolute Gasteiger partial charge is 0.352 e. The highest BCUT2D eigenvalue weighted by atomic mass is 16.6. The van der Waals surface area contributed by atoms with E-state index < -0.39 is 23.5 Å². The number of hydrogen-bond acceptors (Lipinski definition) is 5. The number of carbonyl (C=O) groups excluding carboxylic acids is 3. The van der Waals surface area contributed by atoms with Gasteiger partial charge in [-0.1, -0.05) is 30.3 Å². The van der Waals surface area contributed by atoms with Crippen LogP contribution >= 0.6 is 0 Å². The highest BCUT2D eigenvalue weighted by molar-refractivity contribution is 5.93. The lowest BCUT2D eigenvalue weighted by Crippen LogP contribution is -2.60. The number of Topliss-reactive ketones (excluding diaryl/α,β-unsaturated/α-hetero) is 1. The van der Waals surface area contributed by atoms with Gasteiger partial charge in [-0.2, -0.15) is 0 Å². The Kier molecular flexibility index (Phi) is 3.66. The minimum absolute atomic E-state index is 0.0709. The van der Waals surface area contributed by atoms with Gasteiger partial charge in [0.25, 0.3) is 0 Å². The minimum atomic E-state index is -1.05. The number of rotatable bonds is 1. The summed E-state index contributed by atoms with van der Waals surface area (Å²) in [5, 5.41) is 0. The Hall–Kier alpha value is -2.17. The maximum Gasteiger partial charge on any atom is 0.352 e. The summed E-state index contributed by atoms with van der Waals surface area (Å²) in [7, 11) is 0. The summed E-state index contributed by atoms with van der Waals surface area (Å²) in [4.78, 5) is 37.6. The number of carbonyl (C=O) groups is 3. The lowest BCUT2D eigenvalue weighted by molar-refractivity contribution is -0.193. The second-order valence-electron chi connectivity index (χ2n) is 7.00. The largest absolute Gasteiger partial charge is 0.463 e. The first-order valence-electron chi connectivity index (χ1n) is 8.58. The third kappa shape index (κ3) is 2.18. The molecule has 1 spiro atoms. The molecule has 1 aromatic rings. The van der Waals surface area contributed by atoms with Gasteiger partial charge in [0.1, 0.15) is 5.78 Å². The van der Waals surface area contributed by atoms with E-state index in [9.17, 15) is 14.4 Å². The fourth-order valence-electron chi connectivity index (χ4n) is 4.62. The molecule has 3 fully saturated rings. The first kappa shape index (κ1) is 15.4. The molecule has 0 unspecified atom stereocenters. The molecule has 0 N–H and O–H groups in total. The van der Waals surface area contributed by atoms with Crippen molar-refractivity contribution < 1.29 is 23.9 Å². The molecule has 0 amide bonds. The van der Waals surface area contributed by atoms with Crippen LogP contribution in [0.15, 0.2) is 30.3 Å². The molecule has 0 aromatic heterocycles. The molecule has 5 nitrogen and oxygen atoms in total. The van der Waals surface area contributed by atoms with Gasteiger partial charge in [-0.3, -0.25) is 9.59 Å². The third-order valence-corrected chi connectivity index (χ3v) is 5.90. The molecule has 126 valence electrons. The highest BCUT2D eigenvalue weighted by Crippen LogP contribution is 2.60. The van der Waals surface area contributed by atoms with Crippen molar-refractivity contribution in [3.8, 4) is 0 Å². The number of hydrogen-bond donors (Lipinski definition) is 0. The number of ether oxygens (including phenoxy) is 2. The summed E-state index contributed by atoms with van der Waals surface area (Å²) < 4.78 is 11.0. The lowest BCUT2D eigenvalue weighted by atomic mass is 9.46. The van der Waals surface area contributed by atoms with Gasteiger partial charge in [0, 0.05) is 17.9 Å². The van der Waals surface area contributed by atoms with Gasteiger partial charge < -0.3 is 9.47 Å². The normalized spacial score (nSPS) is 36.0. The van der Waals surface area contributed by atoms with Crippen LogP contribution in [0.5, 0.6) is 0 Å². The van der Waals surface area contributed by atoms with Crippen molar-refractivity contribution >= 4 is 17.7 Å². The predicted octanol–water partition coefficient (Wildman–Crippen LogP) is 2.59. The van der Waals surface area contributed by atoms with Crippen LogP contribution in [0.25, 0.3) is 0 Å². The summed E-state index contributed by atoms with van der Waals surface area (Å²) in [5.41, 5.74) is -0.139. The topological polar surface area (TPSA) is 69.7 Å². The van der Waals surface area contributed by atoms with Crippen LogP contribution in [-0.2, 0) is 23.9 Å². The predicted molar refractivity (Wildman–Crippen MR) is 83.7 cm³/mol. The van der Waals surface area contributed by atoms with Crippen LogP contribution in [0, 0.1) is 17.3 Å². The Balaban J connectivity index is 1.68. The molecule has 1 heterocycles. The molecule has 4 rings (SSSR count). The average molecular weight is 328 g/mol. The van der Waals surface area contributed by atoms with Gasteiger partial charge in [-0.05, 0) is 31.6 Å². The van der Waals surface area contributed by atoms with Crippen molar-refractivity contribution in [1.82, 2.24) is 0 Å². The molecule has 24 heavy (non-hydrogen) atoms. The van der Waals surface area contributed by atoms with Crippen molar-refractivity contribution in [2.24, 2.45) is 17.3 Å². The Bertz CT molecular complexity index is 682. The molecule has 2 saturated carbocycles. The van der Waals surface area contributed by atoms with E-state index in [0.29, 0.717) is 37.7 Å². The Morgan fingerprint density at radius 1 is 1.08 bits per heavy atom. The van der Waals surface area contributed by atoms with E-state index in [1.165, 1.54) is 0 Å². The summed E-state index contributed by atoms with van der Waals surface area (Å²) >= 11 is 0. The first-order valence-corrected chi connectivity index (χ1v) is 8.58. The fraction of sp³-hybridized carbons (Fsp3) is 0.526. The maximum atomic E-state index is 13.0. The van der Waals surface area contributed by atoms with Gasteiger partial charge in [-0.15, -0.1) is 0 Å².